The topological polar surface area (TPSA) is 88.5 Å². The number of aromatic amines is 1. The fourth-order valence-electron chi connectivity index (χ4n) is 3.53. The molecular weight excluding hydrogens is 412 g/mol. The smallest absolute Gasteiger partial charge is 0.252 e. The molecule has 0 aliphatic rings. The maximum Gasteiger partial charge on any atom is 0.252 e. The van der Waals surface area contributed by atoms with E-state index in [0.717, 1.165) is 27.8 Å². The summed E-state index contributed by atoms with van der Waals surface area (Å²) in [4.78, 5) is 29.5. The van der Waals surface area contributed by atoms with E-state index in [1.54, 1.807) is 22.9 Å². The molecule has 7 nitrogen and oxygen atoms in total. The molecule has 0 amide bonds. The van der Waals surface area contributed by atoms with Crippen molar-refractivity contribution in [3.05, 3.63) is 93.6 Å². The Morgan fingerprint density at radius 3 is 2.77 bits per heavy atom. The van der Waals surface area contributed by atoms with Crippen LogP contribution in [-0.2, 0) is 6.54 Å². The van der Waals surface area contributed by atoms with Gasteiger partial charge >= 0.3 is 0 Å². The van der Waals surface area contributed by atoms with Crippen LogP contribution in [0.3, 0.4) is 0 Å². The minimum Gasteiger partial charge on any atom is -0.344 e. The van der Waals surface area contributed by atoms with Crippen molar-refractivity contribution < 1.29 is 0 Å². The summed E-state index contributed by atoms with van der Waals surface area (Å²) in [7, 11) is 0. The van der Waals surface area contributed by atoms with Crippen molar-refractivity contribution in [1.29, 1.82) is 0 Å². The molecule has 0 aliphatic carbocycles. The first-order valence-corrected chi connectivity index (χ1v) is 10.3. The second-order valence-electron chi connectivity index (χ2n) is 7.37. The number of hydrogen-bond acceptors (Lipinski definition) is 5. The minimum absolute atomic E-state index is 0.108. The van der Waals surface area contributed by atoms with E-state index >= 15 is 0 Å². The average Bonchev–Trinajstić information content (AvgIpc) is 3.20. The van der Waals surface area contributed by atoms with Crippen LogP contribution in [0.15, 0.2) is 71.7 Å². The van der Waals surface area contributed by atoms with Gasteiger partial charge in [0.1, 0.15) is 11.5 Å². The third-order valence-electron chi connectivity index (χ3n) is 5.13. The Bertz CT molecular complexity index is 1440. The fraction of sp³-hybridized carbons (Fsp3) is 0.130. The monoisotopic (exact) mass is 430 g/mol. The van der Waals surface area contributed by atoms with Gasteiger partial charge in [0.05, 0.1) is 23.6 Å². The number of anilines is 1. The number of pyridine rings is 1. The molecule has 5 aromatic rings. The van der Waals surface area contributed by atoms with Crippen LogP contribution in [0.4, 0.5) is 5.95 Å². The Morgan fingerprint density at radius 2 is 1.94 bits per heavy atom. The molecule has 1 atom stereocenters. The first kappa shape index (κ1) is 19.3. The molecule has 0 fully saturated rings. The van der Waals surface area contributed by atoms with Gasteiger partial charge in [-0.2, -0.15) is 4.98 Å². The Balaban J connectivity index is 1.48. The maximum atomic E-state index is 12.6. The molecule has 2 aromatic carbocycles. The molecule has 154 valence electrons. The van der Waals surface area contributed by atoms with Crippen molar-refractivity contribution in [2.24, 2.45) is 0 Å². The van der Waals surface area contributed by atoms with Crippen LogP contribution in [0.25, 0.3) is 22.1 Å². The van der Waals surface area contributed by atoms with Crippen LogP contribution < -0.4 is 10.9 Å². The molecule has 3 aromatic heterocycles. The number of halogens is 1. The van der Waals surface area contributed by atoms with Gasteiger partial charge in [0.25, 0.3) is 5.56 Å². The van der Waals surface area contributed by atoms with E-state index in [9.17, 15) is 4.79 Å². The summed E-state index contributed by atoms with van der Waals surface area (Å²) < 4.78 is 1.66. The first-order valence-electron chi connectivity index (χ1n) is 9.89. The molecule has 0 spiro atoms. The van der Waals surface area contributed by atoms with Crippen molar-refractivity contribution in [3.8, 4) is 0 Å². The summed E-state index contributed by atoms with van der Waals surface area (Å²) in [6.45, 7) is 2.41. The molecule has 0 radical (unpaired) electrons. The minimum atomic E-state index is -0.179. The molecule has 0 saturated heterocycles. The van der Waals surface area contributed by atoms with E-state index in [1.165, 1.54) is 0 Å². The van der Waals surface area contributed by atoms with Gasteiger partial charge in [-0.25, -0.2) is 9.97 Å². The van der Waals surface area contributed by atoms with E-state index < -0.39 is 0 Å². The Kier molecular flexibility index (Phi) is 4.88. The van der Waals surface area contributed by atoms with Crippen molar-refractivity contribution in [1.82, 2.24) is 24.5 Å². The maximum absolute atomic E-state index is 12.6. The molecule has 5 rings (SSSR count). The van der Waals surface area contributed by atoms with Crippen LogP contribution in [0, 0.1) is 0 Å². The Labute approximate surface area is 182 Å². The van der Waals surface area contributed by atoms with Gasteiger partial charge in [-0.3, -0.25) is 9.36 Å². The standard InChI is InChI=1S/C23H19ClN6O/c1-14(21-27-18-9-8-17(24)11-19(18)28-21)26-23-25-12-16-7-10-20(31)30(22(16)29-23)13-15-5-3-2-4-6-15/h2-12,14H,13H2,1H3,(H,27,28)(H,25,26,29). The summed E-state index contributed by atoms with van der Waals surface area (Å²) in [6.07, 6.45) is 1.72. The number of benzene rings is 2. The predicted octanol–water partition coefficient (Wildman–Crippen LogP) is 4.54. The highest BCUT2D eigenvalue weighted by atomic mass is 35.5. The lowest BCUT2D eigenvalue weighted by molar-refractivity contribution is 0.773. The lowest BCUT2D eigenvalue weighted by Gasteiger charge is -2.13. The number of fused-ring (bicyclic) bond motifs is 2. The Hall–Kier alpha value is -3.71. The van der Waals surface area contributed by atoms with Gasteiger partial charge in [-0.1, -0.05) is 41.9 Å². The fourth-order valence-corrected chi connectivity index (χ4v) is 3.69. The van der Waals surface area contributed by atoms with E-state index in [2.05, 4.69) is 25.3 Å². The summed E-state index contributed by atoms with van der Waals surface area (Å²) in [5.41, 5.74) is 3.21. The zero-order chi connectivity index (χ0) is 21.4. The van der Waals surface area contributed by atoms with Crippen molar-refractivity contribution >= 4 is 39.6 Å². The number of rotatable bonds is 5. The molecule has 1 unspecified atom stereocenters. The zero-order valence-electron chi connectivity index (χ0n) is 16.7. The largest absolute Gasteiger partial charge is 0.344 e. The van der Waals surface area contributed by atoms with Gasteiger partial charge in [0.15, 0.2) is 0 Å². The van der Waals surface area contributed by atoms with Crippen LogP contribution in [-0.4, -0.2) is 24.5 Å². The molecule has 0 saturated carbocycles. The quantitative estimate of drug-likeness (QED) is 0.427. The van der Waals surface area contributed by atoms with Gasteiger partial charge in [-0.05, 0) is 36.8 Å². The number of hydrogen-bond donors (Lipinski definition) is 2. The average molecular weight is 431 g/mol. The zero-order valence-corrected chi connectivity index (χ0v) is 17.5. The van der Waals surface area contributed by atoms with Crippen LogP contribution in [0.1, 0.15) is 24.4 Å². The molecule has 8 heteroatoms. The number of imidazole rings is 1. The van der Waals surface area contributed by atoms with E-state index in [0.29, 0.717) is 23.2 Å². The molecule has 3 heterocycles. The van der Waals surface area contributed by atoms with Crippen LogP contribution >= 0.6 is 11.6 Å². The lowest BCUT2D eigenvalue weighted by atomic mass is 10.2. The first-order chi connectivity index (χ1) is 15.1. The van der Waals surface area contributed by atoms with E-state index in [1.807, 2.05) is 55.5 Å². The Morgan fingerprint density at radius 1 is 1.10 bits per heavy atom. The number of nitrogens with zero attached hydrogens (tertiary/aromatic N) is 4. The van der Waals surface area contributed by atoms with Gasteiger partial charge in [0.2, 0.25) is 5.95 Å². The highest BCUT2D eigenvalue weighted by Gasteiger charge is 2.14. The SMILES string of the molecule is CC(Nc1ncc2ccc(=O)n(Cc3ccccc3)c2n1)c1nc2cc(Cl)ccc2[nH]1. The molecular formula is C23H19ClN6O. The summed E-state index contributed by atoms with van der Waals surface area (Å²) in [6, 6.07) is 18.5. The third-order valence-corrected chi connectivity index (χ3v) is 5.36. The van der Waals surface area contributed by atoms with Crippen LogP contribution in [0.5, 0.6) is 0 Å². The predicted molar refractivity (Wildman–Crippen MR) is 122 cm³/mol. The number of aromatic nitrogens is 5. The number of H-pyrrole nitrogens is 1. The highest BCUT2D eigenvalue weighted by Crippen LogP contribution is 2.22. The molecule has 31 heavy (non-hydrogen) atoms. The summed E-state index contributed by atoms with van der Waals surface area (Å²) >= 11 is 6.06. The highest BCUT2D eigenvalue weighted by molar-refractivity contribution is 6.31. The van der Waals surface area contributed by atoms with Gasteiger partial charge in [-0.15, -0.1) is 0 Å². The molecule has 0 bridgehead atoms. The van der Waals surface area contributed by atoms with E-state index in [-0.39, 0.29) is 11.6 Å². The van der Waals surface area contributed by atoms with Crippen LogP contribution in [0.2, 0.25) is 5.02 Å². The van der Waals surface area contributed by atoms with Gasteiger partial charge < -0.3 is 10.3 Å². The molecule has 2 N–H and O–H groups in total. The van der Waals surface area contributed by atoms with Crippen molar-refractivity contribution in [2.75, 3.05) is 5.32 Å². The van der Waals surface area contributed by atoms with Crippen molar-refractivity contribution in [2.45, 2.75) is 19.5 Å². The van der Waals surface area contributed by atoms with E-state index in [4.69, 9.17) is 11.6 Å². The third kappa shape index (κ3) is 3.87. The van der Waals surface area contributed by atoms with Crippen molar-refractivity contribution in [3.63, 3.8) is 0 Å². The summed E-state index contributed by atoms with van der Waals surface area (Å²) in [5, 5.41) is 4.71. The van der Waals surface area contributed by atoms with Gasteiger partial charge in [0, 0.05) is 22.7 Å². The normalized spacial score (nSPS) is 12.3. The molecule has 0 aliphatic heterocycles. The number of nitrogens with one attached hydrogen (secondary N) is 2. The second kappa shape index (κ2) is 7.85. The summed E-state index contributed by atoms with van der Waals surface area (Å²) in [5.74, 6) is 1.17. The second-order valence-corrected chi connectivity index (χ2v) is 7.80. The lowest BCUT2D eigenvalue weighted by Crippen LogP contribution is -2.21.